The Kier molecular flexibility index (Phi) is 1.57. The maximum atomic E-state index is 4.12. The lowest BCUT2D eigenvalue weighted by molar-refractivity contribution is 0.832. The van der Waals surface area contributed by atoms with Crippen LogP contribution >= 0.6 is 0 Å². The second kappa shape index (κ2) is 2.59. The van der Waals surface area contributed by atoms with Crippen LogP contribution in [-0.4, -0.2) is 14.6 Å². The fraction of sp³-hybridized carbons (Fsp3) is 0.333. The van der Waals surface area contributed by atoms with Crippen LogP contribution < -0.4 is 0 Å². The molecule has 0 aliphatic carbocycles. The molecule has 0 atom stereocenters. The summed E-state index contributed by atoms with van der Waals surface area (Å²) in [5, 5.41) is 4.12. The van der Waals surface area contributed by atoms with Gasteiger partial charge in [0.05, 0.1) is 11.7 Å². The molecular weight excluding hydrogens is 150 g/mol. The molecule has 0 unspecified atom stereocenters. The van der Waals surface area contributed by atoms with Crippen LogP contribution in [-0.2, 0) is 0 Å². The maximum Gasteiger partial charge on any atom is 0.117 e. The van der Waals surface area contributed by atoms with E-state index in [9.17, 15) is 0 Å². The Morgan fingerprint density at radius 2 is 2.25 bits per heavy atom. The van der Waals surface area contributed by atoms with E-state index in [1.54, 1.807) is 17.0 Å². The third kappa shape index (κ3) is 0.978. The van der Waals surface area contributed by atoms with Crippen molar-refractivity contribution in [1.82, 2.24) is 14.6 Å². The van der Waals surface area contributed by atoms with Crippen molar-refractivity contribution in [2.45, 2.75) is 19.8 Å². The molecule has 0 saturated heterocycles. The van der Waals surface area contributed by atoms with Crippen LogP contribution in [0.3, 0.4) is 0 Å². The molecule has 3 heteroatoms. The monoisotopic (exact) mass is 161 g/mol. The van der Waals surface area contributed by atoms with E-state index < -0.39 is 0 Å². The number of rotatable bonds is 1. The van der Waals surface area contributed by atoms with Gasteiger partial charge in [-0.1, -0.05) is 13.8 Å². The number of hydrogen-bond donors (Lipinski definition) is 0. The lowest BCUT2D eigenvalue weighted by Gasteiger charge is -2.05. The van der Waals surface area contributed by atoms with Gasteiger partial charge in [-0.3, -0.25) is 0 Å². The first-order chi connectivity index (χ1) is 5.79. The standard InChI is InChI=1S/C9H11N3/c1-7(2)8-5-10-6-12-9(8)3-4-11-12/h3-7H,1-2H3. The fourth-order valence-electron chi connectivity index (χ4n) is 1.32. The van der Waals surface area contributed by atoms with Crippen LogP contribution in [0.15, 0.2) is 24.8 Å². The van der Waals surface area contributed by atoms with Crippen molar-refractivity contribution in [3.8, 4) is 0 Å². The average molecular weight is 161 g/mol. The molecule has 0 N–H and O–H groups in total. The molecule has 2 rings (SSSR count). The predicted molar refractivity (Wildman–Crippen MR) is 47.1 cm³/mol. The Morgan fingerprint density at radius 3 is 3.00 bits per heavy atom. The second-order valence-electron chi connectivity index (χ2n) is 3.16. The van der Waals surface area contributed by atoms with Crippen LogP contribution in [0.4, 0.5) is 0 Å². The van der Waals surface area contributed by atoms with E-state index in [1.807, 2.05) is 12.3 Å². The lowest BCUT2D eigenvalue weighted by Crippen LogP contribution is -1.95. The van der Waals surface area contributed by atoms with Gasteiger partial charge in [-0.2, -0.15) is 5.10 Å². The van der Waals surface area contributed by atoms with Gasteiger partial charge < -0.3 is 0 Å². The quantitative estimate of drug-likeness (QED) is 0.639. The highest BCUT2D eigenvalue weighted by molar-refractivity contribution is 5.53. The Bertz CT molecular complexity index is 389. The molecule has 0 spiro atoms. The summed E-state index contributed by atoms with van der Waals surface area (Å²) in [5.41, 5.74) is 2.40. The molecule has 2 aromatic heterocycles. The largest absolute Gasteiger partial charge is 0.244 e. The highest BCUT2D eigenvalue weighted by atomic mass is 15.2. The zero-order valence-electron chi connectivity index (χ0n) is 7.23. The molecule has 0 aliphatic rings. The van der Waals surface area contributed by atoms with Crippen LogP contribution in [0.1, 0.15) is 25.3 Å². The minimum absolute atomic E-state index is 0.498. The van der Waals surface area contributed by atoms with Crippen molar-refractivity contribution >= 4 is 5.52 Å². The van der Waals surface area contributed by atoms with Crippen LogP contribution in [0.25, 0.3) is 5.52 Å². The molecule has 0 saturated carbocycles. The number of fused-ring (bicyclic) bond motifs is 1. The topological polar surface area (TPSA) is 30.2 Å². The summed E-state index contributed by atoms with van der Waals surface area (Å²) < 4.78 is 1.80. The van der Waals surface area contributed by atoms with Gasteiger partial charge >= 0.3 is 0 Å². The average Bonchev–Trinajstić information content (AvgIpc) is 2.49. The molecule has 0 amide bonds. The summed E-state index contributed by atoms with van der Waals surface area (Å²) in [7, 11) is 0. The predicted octanol–water partition coefficient (Wildman–Crippen LogP) is 1.85. The SMILES string of the molecule is CC(C)c1cncn2nccc12. The summed E-state index contributed by atoms with van der Waals surface area (Å²) in [6.07, 6.45) is 5.42. The third-order valence-electron chi connectivity index (χ3n) is 1.98. The third-order valence-corrected chi connectivity index (χ3v) is 1.98. The van der Waals surface area contributed by atoms with Gasteiger partial charge in [0.1, 0.15) is 6.33 Å². The number of aromatic nitrogens is 3. The molecule has 12 heavy (non-hydrogen) atoms. The molecule has 2 aromatic rings. The first-order valence-corrected chi connectivity index (χ1v) is 4.06. The first kappa shape index (κ1) is 7.28. The van der Waals surface area contributed by atoms with Crippen molar-refractivity contribution in [2.24, 2.45) is 0 Å². The van der Waals surface area contributed by atoms with E-state index in [0.29, 0.717) is 5.92 Å². The van der Waals surface area contributed by atoms with Crippen LogP contribution in [0, 0.1) is 0 Å². The lowest BCUT2D eigenvalue weighted by atomic mass is 10.1. The van der Waals surface area contributed by atoms with E-state index in [0.717, 1.165) is 5.52 Å². The van der Waals surface area contributed by atoms with Gasteiger partial charge in [0, 0.05) is 6.20 Å². The molecule has 2 heterocycles. The van der Waals surface area contributed by atoms with E-state index in [-0.39, 0.29) is 0 Å². The zero-order valence-corrected chi connectivity index (χ0v) is 7.23. The van der Waals surface area contributed by atoms with Gasteiger partial charge in [-0.15, -0.1) is 0 Å². The molecule has 0 aliphatic heterocycles. The zero-order chi connectivity index (χ0) is 8.55. The Hall–Kier alpha value is -1.38. The van der Waals surface area contributed by atoms with Gasteiger partial charge in [0.15, 0.2) is 0 Å². The molecule has 0 fully saturated rings. The highest BCUT2D eigenvalue weighted by Gasteiger charge is 2.04. The fourth-order valence-corrected chi connectivity index (χ4v) is 1.32. The van der Waals surface area contributed by atoms with Crippen molar-refractivity contribution in [2.75, 3.05) is 0 Å². The number of hydrogen-bond acceptors (Lipinski definition) is 2. The van der Waals surface area contributed by atoms with Crippen molar-refractivity contribution < 1.29 is 0 Å². The molecular formula is C9H11N3. The minimum Gasteiger partial charge on any atom is -0.244 e. The molecule has 0 bridgehead atoms. The number of nitrogens with zero attached hydrogens (tertiary/aromatic N) is 3. The van der Waals surface area contributed by atoms with Crippen molar-refractivity contribution in [3.63, 3.8) is 0 Å². The molecule has 62 valence electrons. The summed E-state index contributed by atoms with van der Waals surface area (Å²) >= 11 is 0. The first-order valence-electron chi connectivity index (χ1n) is 4.06. The van der Waals surface area contributed by atoms with Gasteiger partial charge in [-0.05, 0) is 17.5 Å². The van der Waals surface area contributed by atoms with Gasteiger partial charge in [0.25, 0.3) is 0 Å². The molecule has 3 nitrogen and oxygen atoms in total. The van der Waals surface area contributed by atoms with Gasteiger partial charge in [0.2, 0.25) is 0 Å². The smallest absolute Gasteiger partial charge is 0.117 e. The van der Waals surface area contributed by atoms with Crippen molar-refractivity contribution in [3.05, 3.63) is 30.4 Å². The molecule has 0 aromatic carbocycles. The van der Waals surface area contributed by atoms with Crippen LogP contribution in [0.2, 0.25) is 0 Å². The summed E-state index contributed by atoms with van der Waals surface area (Å²) in [6, 6.07) is 2.01. The van der Waals surface area contributed by atoms with Gasteiger partial charge in [-0.25, -0.2) is 9.50 Å². The van der Waals surface area contributed by atoms with Crippen molar-refractivity contribution in [1.29, 1.82) is 0 Å². The van der Waals surface area contributed by atoms with Crippen LogP contribution in [0.5, 0.6) is 0 Å². The Labute approximate surface area is 71.1 Å². The summed E-state index contributed by atoms with van der Waals surface area (Å²) in [4.78, 5) is 4.11. The Balaban J connectivity index is 2.73. The van der Waals surface area contributed by atoms with E-state index >= 15 is 0 Å². The Morgan fingerprint density at radius 1 is 1.42 bits per heavy atom. The second-order valence-corrected chi connectivity index (χ2v) is 3.16. The van der Waals surface area contributed by atoms with E-state index in [4.69, 9.17) is 0 Å². The highest BCUT2D eigenvalue weighted by Crippen LogP contribution is 2.17. The van der Waals surface area contributed by atoms with E-state index in [2.05, 4.69) is 23.9 Å². The minimum atomic E-state index is 0.498. The normalized spacial score (nSPS) is 11.2. The van der Waals surface area contributed by atoms with E-state index in [1.165, 1.54) is 5.56 Å². The summed E-state index contributed by atoms with van der Waals surface area (Å²) in [5.74, 6) is 0.498. The summed E-state index contributed by atoms with van der Waals surface area (Å²) in [6.45, 7) is 4.31. The maximum absolute atomic E-state index is 4.12. The molecule has 0 radical (unpaired) electrons.